The number of aliphatic carboxylic acids is 1. The Kier molecular flexibility index (Phi) is 5.87. The highest BCUT2D eigenvalue weighted by Crippen LogP contribution is 1.92. The van der Waals surface area contributed by atoms with Crippen LogP contribution < -0.4 is 5.32 Å². The van der Waals surface area contributed by atoms with Gasteiger partial charge in [-0.1, -0.05) is 0 Å². The predicted octanol–water partition coefficient (Wildman–Crippen LogP) is -0.0825. The smallest absolute Gasteiger partial charge is 0.305 e. The topological polar surface area (TPSA) is 69.6 Å². The molecule has 0 radical (unpaired) electrons. The molecule has 0 spiro atoms. The number of nitrogens with zero attached hydrogens (tertiary/aromatic N) is 1. The Hall–Kier alpha value is -1.10. The summed E-state index contributed by atoms with van der Waals surface area (Å²) in [6, 6.07) is -0.304. The second kappa shape index (κ2) is 6.37. The van der Waals surface area contributed by atoms with Crippen molar-refractivity contribution in [3.8, 4) is 0 Å². The molecular weight excluding hydrogens is 184 g/mol. The first-order chi connectivity index (χ1) is 6.41. The average molecular weight is 202 g/mol. The van der Waals surface area contributed by atoms with Crippen LogP contribution >= 0.6 is 0 Å². The standard InChI is InChI=1S/C9H18N2O3/c1-7(6-9(13)14)10-8(12)4-5-11(2)3/h7H,4-6H2,1-3H3,(H,10,12)(H,13,14). The van der Waals surface area contributed by atoms with Crippen LogP contribution in [0, 0.1) is 0 Å². The number of hydrogen-bond donors (Lipinski definition) is 2. The van der Waals surface area contributed by atoms with Gasteiger partial charge in [-0.15, -0.1) is 0 Å². The van der Waals surface area contributed by atoms with E-state index in [1.165, 1.54) is 0 Å². The molecule has 82 valence electrons. The maximum atomic E-state index is 11.2. The third-order valence-electron chi connectivity index (χ3n) is 1.67. The van der Waals surface area contributed by atoms with Gasteiger partial charge in [-0.05, 0) is 21.0 Å². The van der Waals surface area contributed by atoms with E-state index in [0.29, 0.717) is 13.0 Å². The molecule has 1 atom stereocenters. The maximum Gasteiger partial charge on any atom is 0.305 e. The van der Waals surface area contributed by atoms with Gasteiger partial charge in [0.15, 0.2) is 0 Å². The first kappa shape index (κ1) is 12.9. The van der Waals surface area contributed by atoms with Gasteiger partial charge in [0.05, 0.1) is 6.42 Å². The highest BCUT2D eigenvalue weighted by molar-refractivity contribution is 5.77. The summed E-state index contributed by atoms with van der Waals surface area (Å²) in [6.07, 6.45) is 0.366. The van der Waals surface area contributed by atoms with Crippen LogP contribution in [0.2, 0.25) is 0 Å². The Bertz CT molecular complexity index is 204. The minimum atomic E-state index is -0.898. The highest BCUT2D eigenvalue weighted by Gasteiger charge is 2.10. The summed E-state index contributed by atoms with van der Waals surface area (Å²) < 4.78 is 0. The first-order valence-corrected chi connectivity index (χ1v) is 4.57. The van der Waals surface area contributed by atoms with Crippen LogP contribution in [0.5, 0.6) is 0 Å². The molecule has 0 aliphatic heterocycles. The van der Waals surface area contributed by atoms with E-state index >= 15 is 0 Å². The summed E-state index contributed by atoms with van der Waals surface area (Å²) in [7, 11) is 3.77. The Balaban J connectivity index is 3.66. The van der Waals surface area contributed by atoms with Crippen molar-refractivity contribution < 1.29 is 14.7 Å². The van der Waals surface area contributed by atoms with Gasteiger partial charge in [-0.2, -0.15) is 0 Å². The molecule has 0 heterocycles. The SMILES string of the molecule is CC(CC(=O)O)NC(=O)CCN(C)C. The van der Waals surface area contributed by atoms with E-state index in [9.17, 15) is 9.59 Å². The Morgan fingerprint density at radius 1 is 1.43 bits per heavy atom. The van der Waals surface area contributed by atoms with Gasteiger partial charge in [0.1, 0.15) is 0 Å². The average Bonchev–Trinajstić information content (AvgIpc) is 1.98. The van der Waals surface area contributed by atoms with E-state index in [2.05, 4.69) is 5.32 Å². The maximum absolute atomic E-state index is 11.2. The fourth-order valence-electron chi connectivity index (χ4n) is 0.985. The van der Waals surface area contributed by atoms with E-state index in [-0.39, 0.29) is 18.4 Å². The predicted molar refractivity (Wildman–Crippen MR) is 53.0 cm³/mol. The van der Waals surface area contributed by atoms with Gasteiger partial charge in [-0.25, -0.2) is 0 Å². The summed E-state index contributed by atoms with van der Waals surface area (Å²) in [5.74, 6) is -1.00. The van der Waals surface area contributed by atoms with Crippen molar-refractivity contribution >= 4 is 11.9 Å². The molecule has 0 aliphatic carbocycles. The second-order valence-electron chi connectivity index (χ2n) is 3.62. The van der Waals surface area contributed by atoms with Crippen molar-refractivity contribution in [3.63, 3.8) is 0 Å². The van der Waals surface area contributed by atoms with Crippen molar-refractivity contribution in [2.45, 2.75) is 25.8 Å². The Morgan fingerprint density at radius 2 is 2.00 bits per heavy atom. The largest absolute Gasteiger partial charge is 0.481 e. The molecule has 0 aromatic rings. The van der Waals surface area contributed by atoms with E-state index in [1.807, 2.05) is 19.0 Å². The van der Waals surface area contributed by atoms with Crippen LogP contribution in [0.1, 0.15) is 19.8 Å². The van der Waals surface area contributed by atoms with Crippen LogP contribution in [0.3, 0.4) is 0 Å². The number of amides is 1. The van der Waals surface area contributed by atoms with Gasteiger partial charge in [0.2, 0.25) is 5.91 Å². The third kappa shape index (κ3) is 7.54. The lowest BCUT2D eigenvalue weighted by Crippen LogP contribution is -2.35. The molecule has 0 fully saturated rings. The number of rotatable bonds is 6. The van der Waals surface area contributed by atoms with Crippen molar-refractivity contribution in [3.05, 3.63) is 0 Å². The fraction of sp³-hybridized carbons (Fsp3) is 0.778. The van der Waals surface area contributed by atoms with E-state index in [0.717, 1.165) is 0 Å². The lowest BCUT2D eigenvalue weighted by Gasteiger charge is -2.13. The number of nitrogens with one attached hydrogen (secondary N) is 1. The number of hydrogen-bond acceptors (Lipinski definition) is 3. The second-order valence-corrected chi connectivity index (χ2v) is 3.62. The Morgan fingerprint density at radius 3 is 2.43 bits per heavy atom. The van der Waals surface area contributed by atoms with Crippen molar-refractivity contribution in [2.24, 2.45) is 0 Å². The molecule has 0 rings (SSSR count). The molecule has 0 aromatic carbocycles. The van der Waals surface area contributed by atoms with Gasteiger partial charge in [0.25, 0.3) is 0 Å². The number of carbonyl (C=O) groups is 2. The summed E-state index contributed by atoms with van der Waals surface area (Å²) in [5.41, 5.74) is 0. The normalized spacial score (nSPS) is 12.6. The lowest BCUT2D eigenvalue weighted by molar-refractivity contribution is -0.137. The van der Waals surface area contributed by atoms with Crippen molar-refractivity contribution in [1.29, 1.82) is 0 Å². The summed E-state index contributed by atoms with van der Waals surface area (Å²) in [4.78, 5) is 23.4. The molecule has 2 N–H and O–H groups in total. The third-order valence-corrected chi connectivity index (χ3v) is 1.67. The number of carbonyl (C=O) groups excluding carboxylic acids is 1. The summed E-state index contributed by atoms with van der Waals surface area (Å²) >= 11 is 0. The lowest BCUT2D eigenvalue weighted by atomic mass is 10.2. The van der Waals surface area contributed by atoms with Gasteiger partial charge < -0.3 is 15.3 Å². The van der Waals surface area contributed by atoms with Gasteiger partial charge in [0, 0.05) is 19.0 Å². The first-order valence-electron chi connectivity index (χ1n) is 4.57. The fourth-order valence-corrected chi connectivity index (χ4v) is 0.985. The summed E-state index contributed by atoms with van der Waals surface area (Å²) in [6.45, 7) is 2.35. The van der Waals surface area contributed by atoms with Crippen LogP contribution in [0.25, 0.3) is 0 Å². The van der Waals surface area contributed by atoms with E-state index < -0.39 is 5.97 Å². The number of carboxylic acid groups (broad SMARTS) is 1. The molecule has 0 aliphatic rings. The zero-order valence-electron chi connectivity index (χ0n) is 8.91. The number of carboxylic acids is 1. The molecule has 0 saturated carbocycles. The highest BCUT2D eigenvalue weighted by atomic mass is 16.4. The quantitative estimate of drug-likeness (QED) is 0.632. The van der Waals surface area contributed by atoms with Crippen LogP contribution in [0.15, 0.2) is 0 Å². The van der Waals surface area contributed by atoms with Crippen molar-refractivity contribution in [1.82, 2.24) is 10.2 Å². The molecular formula is C9H18N2O3. The van der Waals surface area contributed by atoms with E-state index in [1.54, 1.807) is 6.92 Å². The minimum Gasteiger partial charge on any atom is -0.481 e. The molecule has 1 amide bonds. The molecule has 0 bridgehead atoms. The zero-order chi connectivity index (χ0) is 11.1. The van der Waals surface area contributed by atoms with Crippen LogP contribution in [0.4, 0.5) is 0 Å². The molecule has 1 unspecified atom stereocenters. The Labute approximate surface area is 84.1 Å². The molecule has 0 aromatic heterocycles. The monoisotopic (exact) mass is 202 g/mol. The minimum absolute atomic E-state index is 0.0340. The molecule has 0 saturated heterocycles. The van der Waals surface area contributed by atoms with Crippen LogP contribution in [-0.4, -0.2) is 48.6 Å². The van der Waals surface area contributed by atoms with Gasteiger partial charge >= 0.3 is 5.97 Å². The zero-order valence-corrected chi connectivity index (χ0v) is 8.91. The molecule has 14 heavy (non-hydrogen) atoms. The summed E-state index contributed by atoms with van der Waals surface area (Å²) in [5, 5.41) is 11.1. The van der Waals surface area contributed by atoms with E-state index in [4.69, 9.17) is 5.11 Å². The van der Waals surface area contributed by atoms with Crippen LogP contribution in [-0.2, 0) is 9.59 Å². The van der Waals surface area contributed by atoms with Gasteiger partial charge in [-0.3, -0.25) is 9.59 Å². The molecule has 5 nitrogen and oxygen atoms in total. The van der Waals surface area contributed by atoms with Crippen molar-refractivity contribution in [2.75, 3.05) is 20.6 Å². The molecule has 5 heteroatoms.